The number of anilines is 1. The number of methoxy groups -OCH3 is 1. The molecule has 0 aliphatic rings. The van der Waals surface area contributed by atoms with Crippen LogP contribution in [0.25, 0.3) is 0 Å². The first kappa shape index (κ1) is 24.9. The molecule has 0 unspecified atom stereocenters. The molecule has 0 atom stereocenters. The molecular weight excluding hydrogens is 460 g/mol. The monoisotopic (exact) mass is 488 g/mol. The Bertz CT molecular complexity index is 1070. The molecule has 0 bridgehead atoms. The number of amides is 1. The van der Waals surface area contributed by atoms with E-state index in [-0.39, 0.29) is 30.3 Å². The van der Waals surface area contributed by atoms with Crippen molar-refractivity contribution in [2.75, 3.05) is 19.0 Å². The lowest BCUT2D eigenvalue weighted by Gasteiger charge is -2.12. The van der Waals surface area contributed by atoms with E-state index < -0.39 is 0 Å². The molecule has 3 aromatic rings. The van der Waals surface area contributed by atoms with Crippen LogP contribution in [0, 0.1) is 0 Å². The molecule has 0 radical (unpaired) electrons. The van der Waals surface area contributed by atoms with Gasteiger partial charge in [0, 0.05) is 12.0 Å². The summed E-state index contributed by atoms with van der Waals surface area (Å²) in [6, 6.07) is 7.66. The third-order valence-electron chi connectivity index (χ3n) is 4.58. The van der Waals surface area contributed by atoms with E-state index in [2.05, 4.69) is 46.1 Å². The Morgan fingerprint density at radius 1 is 1.12 bits per heavy atom. The lowest BCUT2D eigenvalue weighted by atomic mass is 9.94. The molecule has 1 aromatic carbocycles. The van der Waals surface area contributed by atoms with Crippen LogP contribution in [0.1, 0.15) is 43.5 Å². The maximum atomic E-state index is 12.4. The van der Waals surface area contributed by atoms with Gasteiger partial charge in [0.05, 0.1) is 42.4 Å². The maximum Gasteiger partial charge on any atom is 0.319 e. The average Bonchev–Trinajstić information content (AvgIpc) is 3.42. The molecule has 0 aliphatic carbocycles. The summed E-state index contributed by atoms with van der Waals surface area (Å²) in [4.78, 5) is 32.1. The van der Waals surface area contributed by atoms with Gasteiger partial charge in [0.15, 0.2) is 5.13 Å². The number of hydrogen-bond donors (Lipinski definition) is 2. The lowest BCUT2D eigenvalue weighted by Crippen LogP contribution is -2.23. The first-order chi connectivity index (χ1) is 15.7. The SMILES string of the molecule is COC(=O)CNCc1ccc(CC(=O)Nc2ncc(SCc3ncc(C(C)(C)C)o3)s2)cc1. The standard InChI is InChI=1S/C23H28N4O4S2/c1-23(2,3)17-11-25-19(31-17)14-32-21-13-26-22(33-21)27-18(28)9-15-5-7-16(8-6-15)10-24-12-20(29)30-4/h5-8,11,13,24H,9-10,12,14H2,1-4H3,(H,26,27,28). The molecule has 0 spiro atoms. The van der Waals surface area contributed by atoms with Crippen LogP contribution in [-0.4, -0.2) is 35.5 Å². The number of oxazole rings is 1. The Kier molecular flexibility index (Phi) is 8.65. The van der Waals surface area contributed by atoms with Crippen LogP contribution in [0.3, 0.4) is 0 Å². The zero-order valence-corrected chi connectivity index (χ0v) is 20.8. The van der Waals surface area contributed by atoms with Crippen LogP contribution >= 0.6 is 23.1 Å². The second-order valence-corrected chi connectivity index (χ2v) is 10.7. The van der Waals surface area contributed by atoms with Crippen LogP contribution in [0.15, 0.2) is 45.3 Å². The molecule has 2 N–H and O–H groups in total. The number of benzene rings is 1. The van der Waals surface area contributed by atoms with Crippen LogP contribution < -0.4 is 10.6 Å². The number of nitrogens with zero attached hydrogens (tertiary/aromatic N) is 2. The Morgan fingerprint density at radius 3 is 2.52 bits per heavy atom. The highest BCUT2D eigenvalue weighted by Gasteiger charge is 2.19. The molecule has 33 heavy (non-hydrogen) atoms. The zero-order chi connectivity index (χ0) is 23.8. The summed E-state index contributed by atoms with van der Waals surface area (Å²) in [6.07, 6.45) is 3.78. The predicted molar refractivity (Wildman–Crippen MR) is 129 cm³/mol. The lowest BCUT2D eigenvalue weighted by molar-refractivity contribution is -0.139. The van der Waals surface area contributed by atoms with Gasteiger partial charge in [0.1, 0.15) is 5.76 Å². The van der Waals surface area contributed by atoms with Gasteiger partial charge >= 0.3 is 5.97 Å². The summed E-state index contributed by atoms with van der Waals surface area (Å²) >= 11 is 3.00. The number of esters is 1. The first-order valence-corrected chi connectivity index (χ1v) is 12.2. The molecule has 0 saturated carbocycles. The highest BCUT2D eigenvalue weighted by Crippen LogP contribution is 2.31. The largest absolute Gasteiger partial charge is 0.468 e. The zero-order valence-electron chi connectivity index (χ0n) is 19.1. The quantitative estimate of drug-likeness (QED) is 0.324. The van der Waals surface area contributed by atoms with Crippen LogP contribution in [0.2, 0.25) is 0 Å². The van der Waals surface area contributed by atoms with E-state index in [1.54, 1.807) is 24.2 Å². The van der Waals surface area contributed by atoms with Gasteiger partial charge < -0.3 is 19.8 Å². The molecule has 0 aliphatic heterocycles. The number of thiazole rings is 1. The van der Waals surface area contributed by atoms with Crippen molar-refractivity contribution in [3.8, 4) is 0 Å². The van der Waals surface area contributed by atoms with E-state index >= 15 is 0 Å². The summed E-state index contributed by atoms with van der Waals surface area (Å²) in [5.41, 5.74) is 1.85. The van der Waals surface area contributed by atoms with E-state index in [9.17, 15) is 9.59 Å². The van der Waals surface area contributed by atoms with Crippen molar-refractivity contribution in [3.63, 3.8) is 0 Å². The number of rotatable bonds is 10. The van der Waals surface area contributed by atoms with Gasteiger partial charge in [-0.3, -0.25) is 9.59 Å². The minimum atomic E-state index is -0.306. The normalized spacial score (nSPS) is 11.4. The van der Waals surface area contributed by atoms with Crippen molar-refractivity contribution in [2.24, 2.45) is 0 Å². The van der Waals surface area contributed by atoms with Crippen LogP contribution in [-0.2, 0) is 38.5 Å². The van der Waals surface area contributed by atoms with Crippen molar-refractivity contribution < 1.29 is 18.7 Å². The number of carbonyl (C=O) groups is 2. The number of nitrogens with one attached hydrogen (secondary N) is 2. The Labute approximate surface area is 201 Å². The molecule has 8 nitrogen and oxygen atoms in total. The van der Waals surface area contributed by atoms with E-state index in [1.165, 1.54) is 18.4 Å². The maximum absolute atomic E-state index is 12.4. The molecule has 1 amide bonds. The molecule has 2 aromatic heterocycles. The van der Waals surface area contributed by atoms with Gasteiger partial charge in [0.25, 0.3) is 0 Å². The predicted octanol–water partition coefficient (Wildman–Crippen LogP) is 4.16. The van der Waals surface area contributed by atoms with E-state index in [4.69, 9.17) is 4.42 Å². The molecule has 10 heteroatoms. The van der Waals surface area contributed by atoms with E-state index in [0.29, 0.717) is 23.3 Å². The molecule has 3 rings (SSSR count). The first-order valence-electron chi connectivity index (χ1n) is 10.4. The van der Waals surface area contributed by atoms with Crippen LogP contribution in [0.4, 0.5) is 5.13 Å². The average molecular weight is 489 g/mol. The topological polar surface area (TPSA) is 106 Å². The number of thioether (sulfide) groups is 1. The minimum Gasteiger partial charge on any atom is -0.468 e. The Hall–Kier alpha value is -2.69. The van der Waals surface area contributed by atoms with Gasteiger partial charge in [-0.05, 0) is 11.1 Å². The fraction of sp³-hybridized carbons (Fsp3) is 0.391. The van der Waals surface area contributed by atoms with E-state index in [0.717, 1.165) is 21.1 Å². The number of hydrogen-bond acceptors (Lipinski definition) is 9. The van der Waals surface area contributed by atoms with Gasteiger partial charge in [-0.25, -0.2) is 9.97 Å². The number of aromatic nitrogens is 2. The Balaban J connectivity index is 1.43. The summed E-state index contributed by atoms with van der Waals surface area (Å²) in [7, 11) is 1.36. The third-order valence-corrected chi connectivity index (χ3v) is 6.67. The highest BCUT2D eigenvalue weighted by atomic mass is 32.2. The minimum absolute atomic E-state index is 0.0699. The van der Waals surface area contributed by atoms with Crippen molar-refractivity contribution in [1.82, 2.24) is 15.3 Å². The highest BCUT2D eigenvalue weighted by molar-refractivity contribution is 8.00. The van der Waals surface area contributed by atoms with Gasteiger partial charge in [0.2, 0.25) is 11.8 Å². The second kappa shape index (κ2) is 11.4. The molecule has 176 valence electrons. The Morgan fingerprint density at radius 2 is 1.85 bits per heavy atom. The van der Waals surface area contributed by atoms with E-state index in [1.807, 2.05) is 24.3 Å². The van der Waals surface area contributed by atoms with Gasteiger partial charge in [-0.2, -0.15) is 0 Å². The smallest absolute Gasteiger partial charge is 0.319 e. The summed E-state index contributed by atoms with van der Waals surface area (Å²) in [5, 5.41) is 6.42. The number of carbonyl (C=O) groups excluding carboxylic acids is 2. The molecule has 0 saturated heterocycles. The van der Waals surface area contributed by atoms with Gasteiger partial charge in [-0.15, -0.1) is 11.8 Å². The van der Waals surface area contributed by atoms with Gasteiger partial charge in [-0.1, -0.05) is 56.4 Å². The fourth-order valence-corrected chi connectivity index (χ4v) is 4.49. The van der Waals surface area contributed by atoms with Crippen LogP contribution in [0.5, 0.6) is 0 Å². The third kappa shape index (κ3) is 7.99. The van der Waals surface area contributed by atoms with Crippen molar-refractivity contribution in [3.05, 3.63) is 59.4 Å². The van der Waals surface area contributed by atoms with Crippen molar-refractivity contribution >= 4 is 40.1 Å². The summed E-state index contributed by atoms with van der Waals surface area (Å²) in [6.45, 7) is 6.96. The molecular formula is C23H28N4O4S2. The van der Waals surface area contributed by atoms with Crippen molar-refractivity contribution in [1.29, 1.82) is 0 Å². The summed E-state index contributed by atoms with van der Waals surface area (Å²) in [5.74, 6) is 1.71. The number of ether oxygens (including phenoxy) is 1. The molecule has 0 fully saturated rings. The van der Waals surface area contributed by atoms with Crippen molar-refractivity contribution in [2.45, 2.75) is 49.1 Å². The summed E-state index contributed by atoms with van der Waals surface area (Å²) < 4.78 is 11.4. The molecule has 2 heterocycles. The fourth-order valence-electron chi connectivity index (χ4n) is 2.75. The second-order valence-electron chi connectivity index (χ2n) is 8.36.